The molecule has 5 heteroatoms. The second kappa shape index (κ2) is 8.06. The van der Waals surface area contributed by atoms with Crippen molar-refractivity contribution in [2.75, 3.05) is 13.2 Å². The summed E-state index contributed by atoms with van der Waals surface area (Å²) in [6, 6.07) is 16.9. The van der Waals surface area contributed by atoms with Gasteiger partial charge in [0.15, 0.2) is 0 Å². The predicted octanol–water partition coefficient (Wildman–Crippen LogP) is 3.58. The molecule has 1 atom stereocenters. The number of aromatic nitrogens is 2. The molecule has 0 spiro atoms. The quantitative estimate of drug-likeness (QED) is 0.708. The Bertz CT molecular complexity index is 833. The summed E-state index contributed by atoms with van der Waals surface area (Å²) in [4.78, 5) is 4.04. The average Bonchev–Trinajstić information content (AvgIpc) is 3.20. The van der Waals surface area contributed by atoms with Crippen LogP contribution in [0.1, 0.15) is 23.6 Å². The lowest BCUT2D eigenvalue weighted by molar-refractivity contribution is 0.252. The number of ether oxygens (including phenoxy) is 2. The minimum absolute atomic E-state index is 0.325. The number of nitrogens with one attached hydrogen (secondary N) is 1. The Morgan fingerprint density at radius 3 is 3.08 bits per heavy atom. The molecular weight excluding hydrogens is 326 g/mol. The minimum atomic E-state index is 0.325. The molecule has 0 aliphatic carbocycles. The summed E-state index contributed by atoms with van der Waals surface area (Å²) < 4.78 is 13.6. The summed E-state index contributed by atoms with van der Waals surface area (Å²) in [5, 5.41) is 3.65. The number of hydrogen-bond acceptors (Lipinski definition) is 4. The normalized spacial score (nSPS) is 15.9. The highest BCUT2D eigenvalue weighted by atomic mass is 16.5. The molecular formula is C21H23N3O2. The number of para-hydroxylation sites is 1. The van der Waals surface area contributed by atoms with Crippen LogP contribution in [0.15, 0.2) is 67.3 Å². The van der Waals surface area contributed by atoms with Gasteiger partial charge in [0.25, 0.3) is 0 Å². The molecule has 1 N–H and O–H groups in total. The number of imidazole rings is 1. The third kappa shape index (κ3) is 4.06. The molecule has 2 heterocycles. The molecule has 0 bridgehead atoms. The smallest absolute Gasteiger partial charge is 0.124 e. The Kier molecular flexibility index (Phi) is 5.17. The van der Waals surface area contributed by atoms with E-state index in [-0.39, 0.29) is 0 Å². The van der Waals surface area contributed by atoms with Crippen molar-refractivity contribution >= 4 is 0 Å². The van der Waals surface area contributed by atoms with Gasteiger partial charge < -0.3 is 19.4 Å². The molecule has 26 heavy (non-hydrogen) atoms. The average molecular weight is 349 g/mol. The van der Waals surface area contributed by atoms with Gasteiger partial charge in [0, 0.05) is 37.0 Å². The van der Waals surface area contributed by atoms with Crippen molar-refractivity contribution in [1.82, 2.24) is 14.9 Å². The maximum absolute atomic E-state index is 5.87. The van der Waals surface area contributed by atoms with Crippen molar-refractivity contribution in [2.24, 2.45) is 0 Å². The Labute approximate surface area is 153 Å². The lowest BCUT2D eigenvalue weighted by Gasteiger charge is -2.26. The van der Waals surface area contributed by atoms with E-state index in [1.165, 1.54) is 11.1 Å². The molecule has 0 saturated heterocycles. The summed E-state index contributed by atoms with van der Waals surface area (Å²) >= 11 is 0. The first-order valence-electron chi connectivity index (χ1n) is 9.01. The lowest BCUT2D eigenvalue weighted by atomic mass is 10.0. The summed E-state index contributed by atoms with van der Waals surface area (Å²) in [7, 11) is 0. The molecule has 134 valence electrons. The highest BCUT2D eigenvalue weighted by molar-refractivity contribution is 5.37. The van der Waals surface area contributed by atoms with Gasteiger partial charge >= 0.3 is 0 Å². The SMILES string of the molecule is c1cc(CN[C@H]2CCOc3ccccc32)cc(OCCn2ccnc2)c1. The van der Waals surface area contributed by atoms with Gasteiger partial charge in [0.05, 0.1) is 19.5 Å². The number of fused-ring (bicyclic) bond motifs is 1. The molecule has 0 fully saturated rings. The van der Waals surface area contributed by atoms with Crippen LogP contribution < -0.4 is 14.8 Å². The van der Waals surface area contributed by atoms with Gasteiger partial charge in [0.1, 0.15) is 18.1 Å². The zero-order valence-electron chi connectivity index (χ0n) is 14.7. The number of hydrogen-bond donors (Lipinski definition) is 1. The first kappa shape index (κ1) is 16.7. The molecule has 1 aliphatic heterocycles. The first-order valence-corrected chi connectivity index (χ1v) is 9.01. The van der Waals surface area contributed by atoms with E-state index >= 15 is 0 Å². The van der Waals surface area contributed by atoms with Crippen molar-refractivity contribution in [3.05, 3.63) is 78.4 Å². The first-order chi connectivity index (χ1) is 12.9. The van der Waals surface area contributed by atoms with Crippen LogP contribution in [0.2, 0.25) is 0 Å². The van der Waals surface area contributed by atoms with Gasteiger partial charge in [-0.3, -0.25) is 0 Å². The predicted molar refractivity (Wildman–Crippen MR) is 100 cm³/mol. The van der Waals surface area contributed by atoms with Gasteiger partial charge in [-0.25, -0.2) is 4.98 Å². The van der Waals surface area contributed by atoms with Crippen LogP contribution in [0.5, 0.6) is 11.5 Å². The van der Waals surface area contributed by atoms with E-state index in [4.69, 9.17) is 9.47 Å². The Balaban J connectivity index is 1.33. The van der Waals surface area contributed by atoms with Crippen LogP contribution in [0.3, 0.4) is 0 Å². The second-order valence-corrected chi connectivity index (χ2v) is 6.40. The summed E-state index contributed by atoms with van der Waals surface area (Å²) in [5.41, 5.74) is 2.46. The lowest BCUT2D eigenvalue weighted by Crippen LogP contribution is -2.26. The van der Waals surface area contributed by atoms with Gasteiger partial charge in [-0.15, -0.1) is 0 Å². The standard InChI is InChI=1S/C21H23N3O2/c1-2-7-21-19(6-1)20(8-12-26-21)23-15-17-4-3-5-18(14-17)25-13-11-24-10-9-22-16-24/h1-7,9-10,14,16,20,23H,8,11-13,15H2/t20-/m0/s1. The largest absolute Gasteiger partial charge is 0.493 e. The van der Waals surface area contributed by atoms with Crippen molar-refractivity contribution in [1.29, 1.82) is 0 Å². The number of rotatable bonds is 7. The molecule has 0 amide bonds. The summed E-state index contributed by atoms with van der Waals surface area (Å²) in [5.74, 6) is 1.89. The second-order valence-electron chi connectivity index (χ2n) is 6.40. The molecule has 0 saturated carbocycles. The van der Waals surface area contributed by atoms with E-state index in [1.807, 2.05) is 35.0 Å². The van der Waals surface area contributed by atoms with E-state index in [2.05, 4.69) is 34.6 Å². The van der Waals surface area contributed by atoms with Crippen LogP contribution in [0, 0.1) is 0 Å². The van der Waals surface area contributed by atoms with Crippen LogP contribution in [0.25, 0.3) is 0 Å². The highest BCUT2D eigenvalue weighted by Gasteiger charge is 2.20. The topological polar surface area (TPSA) is 48.3 Å². The number of nitrogens with zero attached hydrogens (tertiary/aromatic N) is 2. The van der Waals surface area contributed by atoms with Crippen LogP contribution >= 0.6 is 0 Å². The fraction of sp³-hybridized carbons (Fsp3) is 0.286. The van der Waals surface area contributed by atoms with Gasteiger partial charge in [-0.1, -0.05) is 30.3 Å². The Morgan fingerprint density at radius 1 is 1.19 bits per heavy atom. The molecule has 2 aromatic carbocycles. The van der Waals surface area contributed by atoms with Gasteiger partial charge in [0.2, 0.25) is 0 Å². The zero-order chi connectivity index (χ0) is 17.6. The van der Waals surface area contributed by atoms with Gasteiger partial charge in [-0.05, 0) is 23.8 Å². The third-order valence-corrected chi connectivity index (χ3v) is 4.59. The molecule has 5 nitrogen and oxygen atoms in total. The maximum atomic E-state index is 5.87. The Morgan fingerprint density at radius 2 is 2.15 bits per heavy atom. The van der Waals surface area contributed by atoms with E-state index in [0.29, 0.717) is 12.6 Å². The third-order valence-electron chi connectivity index (χ3n) is 4.59. The summed E-state index contributed by atoms with van der Waals surface area (Å²) in [6.45, 7) is 2.98. The van der Waals surface area contributed by atoms with E-state index in [0.717, 1.165) is 37.6 Å². The van der Waals surface area contributed by atoms with Crippen LogP contribution in [-0.4, -0.2) is 22.8 Å². The van der Waals surface area contributed by atoms with Crippen molar-refractivity contribution in [3.8, 4) is 11.5 Å². The monoisotopic (exact) mass is 349 g/mol. The highest BCUT2D eigenvalue weighted by Crippen LogP contribution is 2.31. The summed E-state index contributed by atoms with van der Waals surface area (Å²) in [6.07, 6.45) is 6.50. The molecule has 4 rings (SSSR count). The van der Waals surface area contributed by atoms with Crippen LogP contribution in [-0.2, 0) is 13.1 Å². The number of benzene rings is 2. The fourth-order valence-electron chi connectivity index (χ4n) is 3.23. The molecule has 0 radical (unpaired) electrons. The Hall–Kier alpha value is -2.79. The maximum Gasteiger partial charge on any atom is 0.124 e. The molecule has 1 aromatic heterocycles. The van der Waals surface area contributed by atoms with E-state index in [9.17, 15) is 0 Å². The molecule has 1 aliphatic rings. The zero-order valence-corrected chi connectivity index (χ0v) is 14.7. The van der Waals surface area contributed by atoms with Crippen LogP contribution in [0.4, 0.5) is 0 Å². The van der Waals surface area contributed by atoms with Crippen molar-refractivity contribution < 1.29 is 9.47 Å². The molecule has 0 unspecified atom stereocenters. The fourth-order valence-corrected chi connectivity index (χ4v) is 3.23. The minimum Gasteiger partial charge on any atom is -0.493 e. The van der Waals surface area contributed by atoms with Gasteiger partial charge in [-0.2, -0.15) is 0 Å². The molecule has 3 aromatic rings. The van der Waals surface area contributed by atoms with Crippen molar-refractivity contribution in [3.63, 3.8) is 0 Å². The van der Waals surface area contributed by atoms with E-state index < -0.39 is 0 Å². The van der Waals surface area contributed by atoms with E-state index in [1.54, 1.807) is 12.5 Å². The van der Waals surface area contributed by atoms with Crippen molar-refractivity contribution in [2.45, 2.75) is 25.6 Å².